The molecule has 0 aliphatic carbocycles. The number of carbonyl (C=O) groups excluding carboxylic acids is 2. The maximum atomic E-state index is 12.6. The number of rotatable bonds is 2. The topological polar surface area (TPSA) is 101 Å². The number of aldehydes is 1. The summed E-state index contributed by atoms with van der Waals surface area (Å²) in [4.78, 5) is 51.0. The van der Waals surface area contributed by atoms with Crippen LogP contribution in [0.2, 0.25) is 0 Å². The molecule has 9 heteroatoms. The van der Waals surface area contributed by atoms with E-state index in [2.05, 4.69) is 4.98 Å². The van der Waals surface area contributed by atoms with Crippen LogP contribution < -0.4 is 16.3 Å². The van der Waals surface area contributed by atoms with Crippen molar-refractivity contribution in [2.45, 2.75) is 33.3 Å². The van der Waals surface area contributed by atoms with Gasteiger partial charge in [-0.1, -0.05) is 0 Å². The second kappa shape index (κ2) is 5.65. The van der Waals surface area contributed by atoms with Crippen molar-refractivity contribution in [3.63, 3.8) is 0 Å². The van der Waals surface area contributed by atoms with Crippen molar-refractivity contribution in [1.82, 2.24) is 9.66 Å². The van der Waals surface area contributed by atoms with E-state index in [-0.39, 0.29) is 5.39 Å². The van der Waals surface area contributed by atoms with E-state index in [9.17, 15) is 19.2 Å². The van der Waals surface area contributed by atoms with E-state index in [1.54, 1.807) is 27.7 Å². The van der Waals surface area contributed by atoms with Gasteiger partial charge in [-0.05, 0) is 33.3 Å². The highest BCUT2D eigenvalue weighted by molar-refractivity contribution is 7.20. The molecule has 8 nitrogen and oxygen atoms in total. The number of aromatic nitrogens is 2. The molecule has 0 radical (unpaired) electrons. The molecule has 1 N–H and O–H groups in total. The predicted molar refractivity (Wildman–Crippen MR) is 87.2 cm³/mol. The van der Waals surface area contributed by atoms with Gasteiger partial charge in [0.1, 0.15) is 10.4 Å². The molecule has 2 rings (SSSR count). The third kappa shape index (κ3) is 3.04. The van der Waals surface area contributed by atoms with Gasteiger partial charge in [0.15, 0.2) is 6.29 Å². The van der Waals surface area contributed by atoms with Crippen molar-refractivity contribution in [3.8, 4) is 0 Å². The predicted octanol–water partition coefficient (Wildman–Crippen LogP) is 1.38. The van der Waals surface area contributed by atoms with Crippen molar-refractivity contribution in [3.05, 3.63) is 31.3 Å². The Morgan fingerprint density at radius 3 is 2.48 bits per heavy atom. The molecule has 0 saturated heterocycles. The van der Waals surface area contributed by atoms with E-state index in [4.69, 9.17) is 4.74 Å². The fraction of sp³-hybridized carbons (Fsp3) is 0.429. The summed E-state index contributed by atoms with van der Waals surface area (Å²) in [5.41, 5.74) is -1.77. The number of amides is 1. The Hall–Kier alpha value is -2.42. The first kappa shape index (κ1) is 16.9. The Morgan fingerprint density at radius 2 is 1.96 bits per heavy atom. The molecule has 0 spiro atoms. The maximum Gasteiger partial charge on any atom is 0.429 e. The van der Waals surface area contributed by atoms with E-state index < -0.39 is 22.9 Å². The Morgan fingerprint density at radius 1 is 1.35 bits per heavy atom. The number of H-pyrrole nitrogens is 1. The van der Waals surface area contributed by atoms with Crippen molar-refractivity contribution in [1.29, 1.82) is 0 Å². The van der Waals surface area contributed by atoms with Crippen LogP contribution in [-0.2, 0) is 4.74 Å². The minimum absolute atomic E-state index is 0.201. The lowest BCUT2D eigenvalue weighted by Crippen LogP contribution is -2.52. The number of aromatic amines is 1. The third-order valence-corrected chi connectivity index (χ3v) is 4.20. The highest BCUT2D eigenvalue weighted by Gasteiger charge is 2.24. The molecular weight excluding hydrogens is 322 g/mol. The normalized spacial score (nSPS) is 11.5. The molecule has 2 heterocycles. The van der Waals surface area contributed by atoms with Gasteiger partial charge in [0.25, 0.3) is 5.56 Å². The Balaban J connectivity index is 2.64. The second-order valence-corrected chi connectivity index (χ2v) is 7.02. The molecule has 0 bridgehead atoms. The number of carbonyl (C=O) groups is 2. The fourth-order valence-electron chi connectivity index (χ4n) is 2.02. The highest BCUT2D eigenvalue weighted by atomic mass is 32.1. The Kier molecular flexibility index (Phi) is 4.16. The maximum absolute atomic E-state index is 12.6. The lowest BCUT2D eigenvalue weighted by molar-refractivity contribution is 0.0546. The van der Waals surface area contributed by atoms with Gasteiger partial charge in [-0.3, -0.25) is 14.6 Å². The molecule has 0 unspecified atom stereocenters. The average molecular weight is 339 g/mol. The Bertz CT molecular complexity index is 900. The number of nitrogens with zero attached hydrogens (tertiary/aromatic N) is 2. The summed E-state index contributed by atoms with van der Waals surface area (Å²) in [5, 5.41) is 1.01. The van der Waals surface area contributed by atoms with Gasteiger partial charge in [-0.2, -0.15) is 4.68 Å². The van der Waals surface area contributed by atoms with Gasteiger partial charge in [0, 0.05) is 7.05 Å². The van der Waals surface area contributed by atoms with Gasteiger partial charge >= 0.3 is 11.8 Å². The van der Waals surface area contributed by atoms with Crippen LogP contribution in [-0.4, -0.2) is 34.7 Å². The summed E-state index contributed by atoms with van der Waals surface area (Å²) < 4.78 is 5.81. The third-order valence-electron chi connectivity index (χ3n) is 3.07. The zero-order chi connectivity index (χ0) is 17.5. The van der Waals surface area contributed by atoms with Crippen molar-refractivity contribution in [2.24, 2.45) is 0 Å². The van der Waals surface area contributed by atoms with Gasteiger partial charge in [0.05, 0.1) is 10.3 Å². The molecule has 0 aliphatic heterocycles. The first-order valence-corrected chi connectivity index (χ1v) is 7.59. The highest BCUT2D eigenvalue weighted by Crippen LogP contribution is 2.24. The zero-order valence-corrected chi connectivity index (χ0v) is 14.2. The molecular formula is C14H17N3O5S. The van der Waals surface area contributed by atoms with E-state index in [1.165, 1.54) is 7.05 Å². The molecule has 0 aromatic carbocycles. The van der Waals surface area contributed by atoms with Gasteiger partial charge < -0.3 is 4.74 Å². The minimum Gasteiger partial charge on any atom is -0.442 e. The van der Waals surface area contributed by atoms with Gasteiger partial charge in [-0.15, -0.1) is 11.3 Å². The van der Waals surface area contributed by atoms with Crippen LogP contribution in [0.4, 0.5) is 4.79 Å². The zero-order valence-electron chi connectivity index (χ0n) is 13.4. The van der Waals surface area contributed by atoms with Crippen molar-refractivity contribution < 1.29 is 14.3 Å². The first-order chi connectivity index (χ1) is 10.6. The van der Waals surface area contributed by atoms with Crippen LogP contribution in [0.3, 0.4) is 0 Å². The van der Waals surface area contributed by atoms with Crippen LogP contribution in [0.15, 0.2) is 9.59 Å². The molecule has 124 valence electrons. The van der Waals surface area contributed by atoms with Gasteiger partial charge in [0.2, 0.25) is 0 Å². The molecule has 0 atom stereocenters. The molecule has 0 saturated carbocycles. The van der Waals surface area contributed by atoms with E-state index in [0.29, 0.717) is 26.2 Å². The van der Waals surface area contributed by atoms with E-state index in [0.717, 1.165) is 16.3 Å². The largest absolute Gasteiger partial charge is 0.442 e. The van der Waals surface area contributed by atoms with Crippen LogP contribution in [0, 0.1) is 6.92 Å². The van der Waals surface area contributed by atoms with Crippen LogP contribution >= 0.6 is 11.3 Å². The lowest BCUT2D eigenvalue weighted by Gasteiger charge is -2.24. The number of fused-ring (bicyclic) bond motifs is 1. The summed E-state index contributed by atoms with van der Waals surface area (Å²) in [7, 11) is 1.26. The number of hydrogen-bond donors (Lipinski definition) is 1. The summed E-state index contributed by atoms with van der Waals surface area (Å²) in [6.45, 7) is 6.64. The SMILES string of the molecule is Cc1c(C=O)sc2[nH]c(=O)n(N(C)C(=O)OC(C)(C)C)c(=O)c12. The Labute approximate surface area is 135 Å². The number of hydrogen-bond acceptors (Lipinski definition) is 6. The number of nitrogens with one attached hydrogen (secondary N) is 1. The van der Waals surface area contributed by atoms with Crippen LogP contribution in [0.25, 0.3) is 10.2 Å². The molecule has 1 amide bonds. The quantitative estimate of drug-likeness (QED) is 0.833. The van der Waals surface area contributed by atoms with Crippen molar-refractivity contribution in [2.75, 3.05) is 12.1 Å². The summed E-state index contributed by atoms with van der Waals surface area (Å²) in [5.74, 6) is 0. The number of thiophene rings is 1. The standard InChI is InChI=1S/C14H17N3O5S/c1-7-8(6-18)23-10-9(7)11(19)17(12(20)15-10)16(5)13(21)22-14(2,3)4/h6H,1-5H3,(H,15,20). The molecule has 0 aliphatic rings. The summed E-state index contributed by atoms with van der Waals surface area (Å²) in [6.07, 6.45) is -0.215. The smallest absolute Gasteiger partial charge is 0.429 e. The summed E-state index contributed by atoms with van der Waals surface area (Å²) >= 11 is 1.02. The van der Waals surface area contributed by atoms with Crippen LogP contribution in [0.5, 0.6) is 0 Å². The van der Waals surface area contributed by atoms with E-state index in [1.807, 2.05) is 0 Å². The molecule has 2 aromatic heterocycles. The van der Waals surface area contributed by atoms with E-state index >= 15 is 0 Å². The first-order valence-electron chi connectivity index (χ1n) is 6.77. The van der Waals surface area contributed by atoms with Crippen LogP contribution in [0.1, 0.15) is 36.0 Å². The minimum atomic E-state index is -0.840. The molecule has 0 fully saturated rings. The molecule has 23 heavy (non-hydrogen) atoms. The second-order valence-electron chi connectivity index (χ2n) is 5.96. The number of ether oxygens (including phenoxy) is 1. The van der Waals surface area contributed by atoms with Crippen molar-refractivity contribution >= 4 is 33.9 Å². The average Bonchev–Trinajstić information content (AvgIpc) is 2.72. The molecule has 2 aromatic rings. The van der Waals surface area contributed by atoms with Gasteiger partial charge in [-0.25, -0.2) is 14.6 Å². The monoisotopic (exact) mass is 339 g/mol. The number of aryl methyl sites for hydroxylation is 1. The summed E-state index contributed by atoms with van der Waals surface area (Å²) in [6, 6.07) is 0. The lowest BCUT2D eigenvalue weighted by atomic mass is 10.2. The fourth-order valence-corrected chi connectivity index (χ4v) is 3.02.